The van der Waals surface area contributed by atoms with Gasteiger partial charge < -0.3 is 10.0 Å². The summed E-state index contributed by atoms with van der Waals surface area (Å²) < 4.78 is 1.73. The van der Waals surface area contributed by atoms with Crippen LogP contribution in [-0.4, -0.2) is 37.3 Å². The lowest BCUT2D eigenvalue weighted by Crippen LogP contribution is -3.14. The molecular weight excluding hydrogens is 346 g/mol. The number of nitrogens with zero attached hydrogens (tertiary/aromatic N) is 4. The molecular formula is C19H20N5OS+. The third kappa shape index (κ3) is 2.31. The van der Waals surface area contributed by atoms with Crippen molar-refractivity contribution in [3.05, 3.63) is 41.0 Å². The molecule has 0 bridgehead atoms. The average Bonchev–Trinajstić information content (AvgIpc) is 3.21. The van der Waals surface area contributed by atoms with E-state index in [-0.39, 0.29) is 5.75 Å². The molecule has 0 amide bonds. The number of hydrogen-bond donors (Lipinski definition) is 2. The van der Waals surface area contributed by atoms with Crippen molar-refractivity contribution in [2.24, 2.45) is 0 Å². The lowest BCUT2D eigenvalue weighted by atomic mass is 10.0. The van der Waals surface area contributed by atoms with Gasteiger partial charge in [0, 0.05) is 6.42 Å². The summed E-state index contributed by atoms with van der Waals surface area (Å²) in [7, 11) is 0. The number of phenolic OH excluding ortho intramolecular Hbond substituents is 1. The zero-order valence-electron chi connectivity index (χ0n) is 14.7. The van der Waals surface area contributed by atoms with E-state index in [1.165, 1.54) is 10.4 Å². The Kier molecular flexibility index (Phi) is 3.48. The molecule has 26 heavy (non-hydrogen) atoms. The van der Waals surface area contributed by atoms with Crippen LogP contribution in [0.25, 0.3) is 27.3 Å². The summed E-state index contributed by atoms with van der Waals surface area (Å²) in [5, 5.41) is 15.8. The molecule has 4 heterocycles. The van der Waals surface area contributed by atoms with Crippen LogP contribution in [0.4, 0.5) is 0 Å². The van der Waals surface area contributed by atoms with Gasteiger partial charge in [-0.15, -0.1) is 16.4 Å². The first kappa shape index (κ1) is 15.7. The smallest absolute Gasteiger partial charge is 0.185 e. The van der Waals surface area contributed by atoms with Crippen LogP contribution in [0.1, 0.15) is 24.3 Å². The van der Waals surface area contributed by atoms with Crippen LogP contribution in [0.2, 0.25) is 0 Å². The number of rotatable bonds is 2. The third-order valence-electron chi connectivity index (χ3n) is 5.26. The van der Waals surface area contributed by atoms with Gasteiger partial charge >= 0.3 is 0 Å². The maximum absolute atomic E-state index is 10.1. The highest BCUT2D eigenvalue weighted by atomic mass is 32.1. The highest BCUT2D eigenvalue weighted by molar-refractivity contribution is 7.19. The van der Waals surface area contributed by atoms with Gasteiger partial charge in [0.25, 0.3) is 0 Å². The van der Waals surface area contributed by atoms with Crippen molar-refractivity contribution >= 4 is 27.2 Å². The summed E-state index contributed by atoms with van der Waals surface area (Å²) in [5.74, 6) is 0.721. The van der Waals surface area contributed by atoms with Gasteiger partial charge in [0.2, 0.25) is 0 Å². The number of benzene rings is 1. The SMILES string of the molecule is CC(C)[NH+]1CCc2c(sc3ncn4nc(-c5ccccc5O)nc4c23)C1. The molecule has 7 heteroatoms. The van der Waals surface area contributed by atoms with Gasteiger partial charge in [-0.2, -0.15) is 0 Å². The predicted molar refractivity (Wildman–Crippen MR) is 102 cm³/mol. The normalized spacial score (nSPS) is 17.3. The summed E-state index contributed by atoms with van der Waals surface area (Å²) in [4.78, 5) is 13.5. The number of quaternary nitrogens is 1. The fraction of sp³-hybridized carbons (Fsp3) is 0.316. The fourth-order valence-corrected chi connectivity index (χ4v) is 4.99. The Hall–Kier alpha value is -2.51. The number of fused-ring (bicyclic) bond motifs is 5. The molecule has 5 rings (SSSR count). The van der Waals surface area contributed by atoms with E-state index in [4.69, 9.17) is 4.98 Å². The fourth-order valence-electron chi connectivity index (χ4n) is 3.76. The Labute approximate surface area is 154 Å². The Balaban J connectivity index is 1.70. The quantitative estimate of drug-likeness (QED) is 0.570. The van der Waals surface area contributed by atoms with E-state index in [1.807, 2.05) is 12.1 Å². The first-order valence-electron chi connectivity index (χ1n) is 8.90. The maximum atomic E-state index is 10.1. The molecule has 1 atom stereocenters. The molecule has 1 aliphatic rings. The molecule has 3 aromatic heterocycles. The zero-order chi connectivity index (χ0) is 17.8. The van der Waals surface area contributed by atoms with Crippen molar-refractivity contribution in [2.45, 2.75) is 32.9 Å². The molecule has 2 N–H and O–H groups in total. The van der Waals surface area contributed by atoms with E-state index < -0.39 is 0 Å². The van der Waals surface area contributed by atoms with Crippen LogP contribution < -0.4 is 4.90 Å². The minimum atomic E-state index is 0.191. The number of hydrogen-bond acceptors (Lipinski definition) is 5. The molecule has 0 aliphatic carbocycles. The minimum Gasteiger partial charge on any atom is -0.507 e. The second kappa shape index (κ2) is 5.75. The maximum Gasteiger partial charge on any atom is 0.185 e. The Morgan fingerprint density at radius 2 is 2.12 bits per heavy atom. The zero-order valence-corrected chi connectivity index (χ0v) is 15.5. The second-order valence-corrected chi connectivity index (χ2v) is 8.22. The minimum absolute atomic E-state index is 0.191. The number of nitrogens with one attached hydrogen (secondary N) is 1. The average molecular weight is 366 g/mol. The first-order chi connectivity index (χ1) is 12.6. The topological polar surface area (TPSA) is 67.8 Å². The monoisotopic (exact) mass is 366 g/mol. The summed E-state index contributed by atoms with van der Waals surface area (Å²) in [6, 6.07) is 7.80. The van der Waals surface area contributed by atoms with Crippen molar-refractivity contribution in [1.82, 2.24) is 19.6 Å². The number of aromatic hydroxyl groups is 1. The molecule has 6 nitrogen and oxygen atoms in total. The molecule has 4 aromatic rings. The highest BCUT2D eigenvalue weighted by Crippen LogP contribution is 2.34. The number of thiophene rings is 1. The van der Waals surface area contributed by atoms with Gasteiger partial charge in [0.1, 0.15) is 23.5 Å². The number of aromatic nitrogens is 4. The Morgan fingerprint density at radius 3 is 2.92 bits per heavy atom. The van der Waals surface area contributed by atoms with Gasteiger partial charge in [-0.1, -0.05) is 12.1 Å². The van der Waals surface area contributed by atoms with E-state index >= 15 is 0 Å². The molecule has 0 fully saturated rings. The van der Waals surface area contributed by atoms with Crippen LogP contribution in [0.3, 0.4) is 0 Å². The molecule has 132 valence electrons. The largest absolute Gasteiger partial charge is 0.507 e. The number of phenols is 1. The summed E-state index contributed by atoms with van der Waals surface area (Å²) in [6.45, 7) is 6.75. The Bertz CT molecular complexity index is 1130. The van der Waals surface area contributed by atoms with E-state index in [0.717, 1.165) is 35.4 Å². The molecule has 1 aromatic carbocycles. The highest BCUT2D eigenvalue weighted by Gasteiger charge is 2.27. The van der Waals surface area contributed by atoms with E-state index in [2.05, 4.69) is 23.9 Å². The number of para-hydroxylation sites is 1. The van der Waals surface area contributed by atoms with Crippen molar-refractivity contribution in [1.29, 1.82) is 0 Å². The van der Waals surface area contributed by atoms with E-state index in [9.17, 15) is 5.11 Å². The molecule has 0 saturated carbocycles. The summed E-state index contributed by atoms with van der Waals surface area (Å²) in [6.07, 6.45) is 2.77. The lowest BCUT2D eigenvalue weighted by Gasteiger charge is -2.27. The Morgan fingerprint density at radius 1 is 1.27 bits per heavy atom. The van der Waals surface area contributed by atoms with Gasteiger partial charge in [-0.25, -0.2) is 14.5 Å². The lowest BCUT2D eigenvalue weighted by molar-refractivity contribution is -0.936. The third-order valence-corrected chi connectivity index (χ3v) is 6.40. The van der Waals surface area contributed by atoms with Crippen LogP contribution in [-0.2, 0) is 13.0 Å². The van der Waals surface area contributed by atoms with E-state index in [1.54, 1.807) is 39.2 Å². The van der Waals surface area contributed by atoms with Crippen LogP contribution in [0.5, 0.6) is 5.75 Å². The van der Waals surface area contributed by atoms with Gasteiger partial charge in [-0.3, -0.25) is 0 Å². The summed E-state index contributed by atoms with van der Waals surface area (Å²) >= 11 is 1.78. The van der Waals surface area contributed by atoms with Crippen molar-refractivity contribution < 1.29 is 10.0 Å². The van der Waals surface area contributed by atoms with Crippen LogP contribution in [0.15, 0.2) is 30.6 Å². The molecule has 0 radical (unpaired) electrons. The summed E-state index contributed by atoms with van der Waals surface area (Å²) in [5.41, 5.74) is 2.85. The molecule has 0 spiro atoms. The van der Waals surface area contributed by atoms with Crippen molar-refractivity contribution in [3.63, 3.8) is 0 Å². The standard InChI is InChI=1S/C19H19N5OS/c1-11(2)23-8-7-13-15(9-23)26-19-16(13)18-21-17(22-24(18)10-20-19)12-5-3-4-6-14(12)25/h3-6,10-11,25H,7-9H2,1-2H3/p+1. The molecule has 0 saturated heterocycles. The van der Waals surface area contributed by atoms with Crippen LogP contribution >= 0.6 is 11.3 Å². The molecule has 1 unspecified atom stereocenters. The van der Waals surface area contributed by atoms with E-state index in [0.29, 0.717) is 17.4 Å². The van der Waals surface area contributed by atoms with Crippen molar-refractivity contribution in [3.8, 4) is 17.1 Å². The molecule has 1 aliphatic heterocycles. The van der Waals surface area contributed by atoms with Crippen LogP contribution in [0, 0.1) is 0 Å². The predicted octanol–water partition coefficient (Wildman–Crippen LogP) is 2.06. The van der Waals surface area contributed by atoms with Gasteiger partial charge in [0.15, 0.2) is 11.5 Å². The second-order valence-electron chi connectivity index (χ2n) is 7.14. The van der Waals surface area contributed by atoms with Gasteiger partial charge in [0.05, 0.1) is 28.4 Å². The van der Waals surface area contributed by atoms with Crippen molar-refractivity contribution in [2.75, 3.05) is 6.54 Å². The first-order valence-corrected chi connectivity index (χ1v) is 9.72. The van der Waals surface area contributed by atoms with Gasteiger partial charge in [-0.05, 0) is 31.5 Å².